The zero-order valence-electron chi connectivity index (χ0n) is 21.7. The summed E-state index contributed by atoms with van der Waals surface area (Å²) in [7, 11) is 0. The van der Waals surface area contributed by atoms with Gasteiger partial charge in [0.2, 0.25) is 5.82 Å². The molecule has 0 heterocycles. The molecule has 0 radical (unpaired) electrons. The lowest BCUT2D eigenvalue weighted by molar-refractivity contribution is -0.274. The summed E-state index contributed by atoms with van der Waals surface area (Å²) in [6.45, 7) is 3.88. The predicted octanol–water partition coefficient (Wildman–Crippen LogP) is 10.2. The Kier molecular flexibility index (Phi) is 8.95. The zero-order chi connectivity index (χ0) is 27.3. The van der Waals surface area contributed by atoms with Crippen molar-refractivity contribution in [1.29, 1.82) is 0 Å². The van der Waals surface area contributed by atoms with E-state index in [9.17, 15) is 22.0 Å². The van der Waals surface area contributed by atoms with Gasteiger partial charge in [0, 0.05) is 5.56 Å². The third-order valence-electron chi connectivity index (χ3n) is 7.47. The highest BCUT2D eigenvalue weighted by molar-refractivity contribution is 5.70. The Bertz CT molecular complexity index is 1190. The van der Waals surface area contributed by atoms with Crippen LogP contribution in [0.4, 0.5) is 22.0 Å². The monoisotopic (exact) mass is 532 g/mol. The molecule has 3 aromatic carbocycles. The van der Waals surface area contributed by atoms with Gasteiger partial charge in [0.25, 0.3) is 0 Å². The standard InChI is InChI=1S/C31H33F5O2/c1-3-4-21-5-7-22(8-6-21)9-10-23-11-13-24(14-12-23)27-19-28(32)29(33)30(20(27)2)37-25-15-17-26(18-16-25)38-31(34,35)36/h11-19,21-22H,3-10H2,1-2H3/t21-,22-. The van der Waals surface area contributed by atoms with E-state index in [-0.39, 0.29) is 11.5 Å². The predicted molar refractivity (Wildman–Crippen MR) is 138 cm³/mol. The fourth-order valence-corrected chi connectivity index (χ4v) is 5.38. The van der Waals surface area contributed by atoms with Crippen molar-refractivity contribution in [2.45, 2.75) is 71.6 Å². The Balaban J connectivity index is 1.44. The molecule has 0 N–H and O–H groups in total. The molecule has 0 bridgehead atoms. The second-order valence-corrected chi connectivity index (χ2v) is 10.2. The van der Waals surface area contributed by atoms with E-state index in [4.69, 9.17) is 4.74 Å². The van der Waals surface area contributed by atoms with Crippen molar-refractivity contribution in [3.8, 4) is 28.4 Å². The van der Waals surface area contributed by atoms with Gasteiger partial charge in [-0.05, 0) is 78.6 Å². The minimum atomic E-state index is -4.83. The van der Waals surface area contributed by atoms with Crippen LogP contribution in [0.3, 0.4) is 0 Å². The van der Waals surface area contributed by atoms with E-state index in [1.54, 1.807) is 6.92 Å². The second kappa shape index (κ2) is 12.2. The third kappa shape index (κ3) is 7.27. The van der Waals surface area contributed by atoms with Gasteiger partial charge >= 0.3 is 6.36 Å². The number of ether oxygens (including phenoxy) is 2. The molecule has 3 aromatic rings. The van der Waals surface area contributed by atoms with Crippen molar-refractivity contribution in [2.24, 2.45) is 11.8 Å². The molecule has 1 aliphatic rings. The molecule has 2 nitrogen and oxygen atoms in total. The van der Waals surface area contributed by atoms with Crippen LogP contribution in [0.15, 0.2) is 54.6 Å². The summed E-state index contributed by atoms with van der Waals surface area (Å²) in [6.07, 6.45) is 5.20. The summed E-state index contributed by atoms with van der Waals surface area (Å²) in [5.41, 5.74) is 2.80. The van der Waals surface area contributed by atoms with Crippen molar-refractivity contribution in [1.82, 2.24) is 0 Å². The van der Waals surface area contributed by atoms with Crippen LogP contribution in [0, 0.1) is 30.4 Å². The van der Waals surface area contributed by atoms with Crippen LogP contribution in [0.5, 0.6) is 17.2 Å². The first-order valence-electron chi connectivity index (χ1n) is 13.2. The lowest BCUT2D eigenvalue weighted by Gasteiger charge is -2.28. The molecule has 0 unspecified atom stereocenters. The molecule has 0 amide bonds. The Morgan fingerprint density at radius 1 is 0.816 bits per heavy atom. The number of alkyl halides is 3. The van der Waals surface area contributed by atoms with Crippen molar-refractivity contribution in [3.05, 3.63) is 77.4 Å². The maximum atomic E-state index is 14.7. The molecule has 0 aromatic heterocycles. The van der Waals surface area contributed by atoms with E-state index < -0.39 is 23.7 Å². The van der Waals surface area contributed by atoms with Crippen molar-refractivity contribution >= 4 is 0 Å². The Hall–Kier alpha value is -3.09. The largest absolute Gasteiger partial charge is 0.573 e. The molecule has 0 saturated heterocycles. The van der Waals surface area contributed by atoms with Crippen LogP contribution >= 0.6 is 0 Å². The van der Waals surface area contributed by atoms with Crippen LogP contribution in [-0.4, -0.2) is 6.36 Å². The van der Waals surface area contributed by atoms with E-state index in [1.807, 2.05) is 24.3 Å². The SMILES string of the molecule is CCC[C@H]1CC[C@H](CCc2ccc(-c3cc(F)c(F)c(Oc4ccc(OC(F)(F)F)cc4)c3C)cc2)CC1. The first-order valence-corrected chi connectivity index (χ1v) is 13.2. The highest BCUT2D eigenvalue weighted by Crippen LogP contribution is 2.38. The maximum Gasteiger partial charge on any atom is 0.573 e. The van der Waals surface area contributed by atoms with Crippen LogP contribution < -0.4 is 9.47 Å². The summed E-state index contributed by atoms with van der Waals surface area (Å²) >= 11 is 0. The topological polar surface area (TPSA) is 18.5 Å². The third-order valence-corrected chi connectivity index (χ3v) is 7.47. The summed E-state index contributed by atoms with van der Waals surface area (Å²) in [6, 6.07) is 13.5. The van der Waals surface area contributed by atoms with Gasteiger partial charge in [-0.15, -0.1) is 13.2 Å². The molecular formula is C31H33F5O2. The van der Waals surface area contributed by atoms with Crippen LogP contribution in [0.1, 0.15) is 63.0 Å². The molecule has 4 rings (SSSR count). The van der Waals surface area contributed by atoms with Gasteiger partial charge in [-0.1, -0.05) is 69.7 Å². The molecule has 38 heavy (non-hydrogen) atoms. The van der Waals surface area contributed by atoms with E-state index in [2.05, 4.69) is 11.7 Å². The Labute approximate surface area is 220 Å². The fourth-order valence-electron chi connectivity index (χ4n) is 5.38. The van der Waals surface area contributed by atoms with E-state index in [1.165, 1.54) is 56.2 Å². The maximum absolute atomic E-state index is 14.7. The highest BCUT2D eigenvalue weighted by atomic mass is 19.4. The van der Waals surface area contributed by atoms with Crippen molar-refractivity contribution in [3.63, 3.8) is 0 Å². The van der Waals surface area contributed by atoms with E-state index in [0.717, 1.165) is 48.4 Å². The molecule has 0 aliphatic heterocycles. The number of hydrogen-bond donors (Lipinski definition) is 0. The summed E-state index contributed by atoms with van der Waals surface area (Å²) in [5.74, 6) is -1.26. The van der Waals surface area contributed by atoms with Gasteiger partial charge in [0.05, 0.1) is 0 Å². The average Bonchev–Trinajstić information content (AvgIpc) is 2.89. The van der Waals surface area contributed by atoms with E-state index in [0.29, 0.717) is 11.1 Å². The number of aryl methyl sites for hydroxylation is 1. The normalized spacial score (nSPS) is 17.9. The second-order valence-electron chi connectivity index (χ2n) is 10.2. The van der Waals surface area contributed by atoms with Crippen LogP contribution in [-0.2, 0) is 6.42 Å². The first-order chi connectivity index (χ1) is 18.1. The molecule has 1 saturated carbocycles. The Morgan fingerprint density at radius 3 is 1.97 bits per heavy atom. The number of benzene rings is 3. The Morgan fingerprint density at radius 2 is 1.39 bits per heavy atom. The fraction of sp³-hybridized carbons (Fsp3) is 0.419. The van der Waals surface area contributed by atoms with Gasteiger partial charge in [-0.3, -0.25) is 0 Å². The van der Waals surface area contributed by atoms with Gasteiger partial charge in [-0.2, -0.15) is 4.39 Å². The molecule has 0 atom stereocenters. The number of rotatable bonds is 9. The van der Waals surface area contributed by atoms with E-state index >= 15 is 0 Å². The number of halogens is 5. The lowest BCUT2D eigenvalue weighted by atomic mass is 9.78. The van der Waals surface area contributed by atoms with Crippen molar-refractivity contribution in [2.75, 3.05) is 0 Å². The molecule has 1 aliphatic carbocycles. The summed E-state index contributed by atoms with van der Waals surface area (Å²) in [5, 5.41) is 0. The van der Waals surface area contributed by atoms with Gasteiger partial charge < -0.3 is 9.47 Å². The highest BCUT2D eigenvalue weighted by Gasteiger charge is 2.31. The minimum Gasteiger partial charge on any atom is -0.454 e. The number of hydrogen-bond acceptors (Lipinski definition) is 2. The van der Waals surface area contributed by atoms with Gasteiger partial charge in [-0.25, -0.2) is 4.39 Å². The summed E-state index contributed by atoms with van der Waals surface area (Å²) < 4.78 is 75.8. The zero-order valence-corrected chi connectivity index (χ0v) is 21.7. The average molecular weight is 533 g/mol. The van der Waals surface area contributed by atoms with Crippen LogP contribution in [0.2, 0.25) is 0 Å². The van der Waals surface area contributed by atoms with Crippen LogP contribution in [0.25, 0.3) is 11.1 Å². The van der Waals surface area contributed by atoms with Gasteiger partial charge in [0.15, 0.2) is 11.6 Å². The first kappa shape index (κ1) is 27.9. The molecular weight excluding hydrogens is 499 g/mol. The molecule has 0 spiro atoms. The molecule has 1 fully saturated rings. The minimum absolute atomic E-state index is 0.0529. The lowest BCUT2D eigenvalue weighted by Crippen LogP contribution is -2.16. The molecule has 204 valence electrons. The van der Waals surface area contributed by atoms with Crippen molar-refractivity contribution < 1.29 is 31.4 Å². The smallest absolute Gasteiger partial charge is 0.454 e. The molecule has 7 heteroatoms. The van der Waals surface area contributed by atoms with Gasteiger partial charge in [0.1, 0.15) is 11.5 Å². The summed E-state index contributed by atoms with van der Waals surface area (Å²) in [4.78, 5) is 0. The quantitative estimate of drug-likeness (QED) is 0.255.